The highest BCUT2D eigenvalue weighted by atomic mass is 32.2. The standard InChI is InChI=1S/C35H40N2O6S/c1-23(38)42-30-21-31(41-3)33-32-26(30)20-29-27-14-15-28(36(2)44(39,40)22-25-12-8-5-9-13-25)34(43-33)35(27,32)17-19-37(29)18-16-24-10-6-4-7-11-24/h4-13,21,27-29,34H,14-20,22H2,1-3H3/t27-,28+,29+,34-,35-/m0/s1. The second-order valence-corrected chi connectivity index (χ2v) is 14.8. The van der Waals surface area contributed by atoms with Crippen molar-refractivity contribution in [2.75, 3.05) is 27.2 Å². The van der Waals surface area contributed by atoms with E-state index in [9.17, 15) is 13.2 Å². The molecule has 2 aliphatic carbocycles. The number of ether oxygens (including phenoxy) is 3. The van der Waals surface area contributed by atoms with Gasteiger partial charge in [0.25, 0.3) is 0 Å². The summed E-state index contributed by atoms with van der Waals surface area (Å²) in [5.41, 5.74) is 3.74. The van der Waals surface area contributed by atoms with E-state index < -0.39 is 15.4 Å². The van der Waals surface area contributed by atoms with E-state index >= 15 is 0 Å². The van der Waals surface area contributed by atoms with E-state index in [1.54, 1.807) is 24.5 Å². The van der Waals surface area contributed by atoms with Crippen LogP contribution in [0.4, 0.5) is 0 Å². The number of esters is 1. The van der Waals surface area contributed by atoms with E-state index in [0.717, 1.165) is 55.5 Å². The minimum absolute atomic E-state index is 0.0575. The molecule has 232 valence electrons. The van der Waals surface area contributed by atoms with Crippen molar-refractivity contribution >= 4 is 16.0 Å². The van der Waals surface area contributed by atoms with Gasteiger partial charge in [0.1, 0.15) is 11.9 Å². The van der Waals surface area contributed by atoms with Crippen LogP contribution in [0.15, 0.2) is 66.7 Å². The van der Waals surface area contributed by atoms with Crippen LogP contribution in [0.2, 0.25) is 0 Å². The van der Waals surface area contributed by atoms with E-state index in [-0.39, 0.29) is 35.8 Å². The number of nitrogens with zero attached hydrogens (tertiary/aromatic N) is 2. The Labute approximate surface area is 260 Å². The molecule has 4 aliphatic rings. The number of methoxy groups -OCH3 is 1. The van der Waals surface area contributed by atoms with E-state index in [1.165, 1.54) is 12.5 Å². The summed E-state index contributed by atoms with van der Waals surface area (Å²) in [4.78, 5) is 14.9. The molecule has 1 saturated carbocycles. The van der Waals surface area contributed by atoms with Gasteiger partial charge in [0.05, 0.1) is 18.9 Å². The molecule has 3 aromatic carbocycles. The Morgan fingerprint density at radius 1 is 1.05 bits per heavy atom. The fourth-order valence-electron chi connectivity index (χ4n) is 8.69. The van der Waals surface area contributed by atoms with Gasteiger partial charge in [0.15, 0.2) is 11.5 Å². The molecule has 9 heteroatoms. The summed E-state index contributed by atoms with van der Waals surface area (Å²) in [7, 11) is -0.315. The first-order valence-corrected chi connectivity index (χ1v) is 17.2. The summed E-state index contributed by atoms with van der Waals surface area (Å²) >= 11 is 0. The van der Waals surface area contributed by atoms with Crippen LogP contribution in [0.5, 0.6) is 17.2 Å². The molecule has 0 unspecified atom stereocenters. The largest absolute Gasteiger partial charge is 0.493 e. The minimum Gasteiger partial charge on any atom is -0.493 e. The Morgan fingerprint density at radius 2 is 1.75 bits per heavy atom. The number of piperidine rings is 1. The SMILES string of the molecule is COc1cc(OC(C)=O)c2c3c1O[C@H]1[C@H](N(C)S(=O)(=O)Cc4ccccc4)CC[C@H]4[C@@H](C2)N(CCc2ccccc2)CC[C@@]341. The highest BCUT2D eigenvalue weighted by Crippen LogP contribution is 2.65. The van der Waals surface area contributed by atoms with Crippen LogP contribution in [0.3, 0.4) is 0 Å². The molecular formula is C35H40N2O6S. The molecule has 1 saturated heterocycles. The number of rotatable bonds is 9. The number of benzene rings is 3. The molecule has 3 aromatic rings. The second-order valence-electron chi connectivity index (χ2n) is 12.7. The fraction of sp³-hybridized carbons (Fsp3) is 0.457. The maximum atomic E-state index is 13.8. The summed E-state index contributed by atoms with van der Waals surface area (Å²) in [6.45, 7) is 3.24. The van der Waals surface area contributed by atoms with E-state index in [1.807, 2.05) is 36.4 Å². The summed E-state index contributed by atoms with van der Waals surface area (Å²) in [5, 5.41) is 0. The molecule has 0 radical (unpaired) electrons. The van der Waals surface area contributed by atoms with Crippen molar-refractivity contribution < 1.29 is 27.4 Å². The van der Waals surface area contributed by atoms with E-state index in [4.69, 9.17) is 14.2 Å². The van der Waals surface area contributed by atoms with Crippen molar-refractivity contribution in [1.29, 1.82) is 0 Å². The lowest BCUT2D eigenvalue weighted by Gasteiger charge is -2.60. The molecule has 5 atom stereocenters. The molecule has 0 N–H and O–H groups in total. The second kappa shape index (κ2) is 11.2. The summed E-state index contributed by atoms with van der Waals surface area (Å²) in [6, 6.07) is 21.6. The molecular weight excluding hydrogens is 576 g/mol. The fourth-order valence-corrected chi connectivity index (χ4v) is 10.1. The van der Waals surface area contributed by atoms with Gasteiger partial charge in [-0.1, -0.05) is 60.7 Å². The first-order valence-electron chi connectivity index (χ1n) is 15.6. The first-order chi connectivity index (χ1) is 21.2. The van der Waals surface area contributed by atoms with Crippen LogP contribution in [-0.4, -0.2) is 69.0 Å². The lowest BCUT2D eigenvalue weighted by atomic mass is 9.51. The number of likely N-dealkylation sites (N-methyl/N-ethyl adjacent to an activating group) is 1. The zero-order valence-electron chi connectivity index (χ0n) is 25.6. The van der Waals surface area contributed by atoms with Gasteiger partial charge in [-0.25, -0.2) is 8.42 Å². The number of likely N-dealkylation sites (tertiary alicyclic amines) is 1. The van der Waals surface area contributed by atoms with Crippen molar-refractivity contribution in [1.82, 2.24) is 9.21 Å². The third-order valence-corrected chi connectivity index (χ3v) is 12.4. The molecule has 2 heterocycles. The molecule has 2 fully saturated rings. The average Bonchev–Trinajstić information content (AvgIpc) is 3.36. The van der Waals surface area contributed by atoms with Gasteiger partial charge in [-0.2, -0.15) is 4.31 Å². The predicted octanol–water partition coefficient (Wildman–Crippen LogP) is 4.73. The van der Waals surface area contributed by atoms with Crippen molar-refractivity contribution in [2.45, 2.75) is 68.4 Å². The zero-order valence-corrected chi connectivity index (χ0v) is 26.4. The monoisotopic (exact) mass is 616 g/mol. The quantitative estimate of drug-likeness (QED) is 0.254. The Balaban J connectivity index is 1.29. The summed E-state index contributed by atoms with van der Waals surface area (Å²) in [5.74, 6) is 1.59. The van der Waals surface area contributed by atoms with Gasteiger partial charge in [-0.3, -0.25) is 9.69 Å². The lowest BCUT2D eigenvalue weighted by molar-refractivity contribution is -0.132. The van der Waals surface area contributed by atoms with Crippen molar-refractivity contribution in [2.24, 2.45) is 5.92 Å². The van der Waals surface area contributed by atoms with Crippen LogP contribution in [-0.2, 0) is 38.8 Å². The summed E-state index contributed by atoms with van der Waals surface area (Å²) in [6.07, 6.45) is 3.78. The maximum Gasteiger partial charge on any atom is 0.308 e. The number of carbonyl (C=O) groups is 1. The first kappa shape index (κ1) is 29.3. The van der Waals surface area contributed by atoms with Gasteiger partial charge in [0.2, 0.25) is 10.0 Å². The van der Waals surface area contributed by atoms with Gasteiger partial charge in [-0.05, 0) is 55.7 Å². The third-order valence-electron chi connectivity index (χ3n) is 10.6. The number of sulfonamides is 1. The molecule has 0 aromatic heterocycles. The predicted molar refractivity (Wildman–Crippen MR) is 168 cm³/mol. The molecule has 8 nitrogen and oxygen atoms in total. The van der Waals surface area contributed by atoms with Crippen LogP contribution in [0.1, 0.15) is 48.4 Å². The highest BCUT2D eigenvalue weighted by Gasteiger charge is 2.67. The van der Waals surface area contributed by atoms with Crippen molar-refractivity contribution in [3.8, 4) is 17.2 Å². The number of hydrogen-bond acceptors (Lipinski definition) is 7. The Hall–Kier alpha value is -3.40. The molecule has 1 spiro atoms. The van der Waals surface area contributed by atoms with E-state index in [0.29, 0.717) is 23.7 Å². The van der Waals surface area contributed by atoms with Gasteiger partial charge >= 0.3 is 5.97 Å². The third kappa shape index (κ3) is 4.71. The zero-order chi connectivity index (χ0) is 30.6. The van der Waals surface area contributed by atoms with Crippen molar-refractivity contribution in [3.05, 3.63) is 89.0 Å². The van der Waals surface area contributed by atoms with Gasteiger partial charge in [-0.15, -0.1) is 0 Å². The lowest BCUT2D eigenvalue weighted by Crippen LogP contribution is -2.69. The van der Waals surface area contributed by atoms with Gasteiger partial charge < -0.3 is 14.2 Å². The van der Waals surface area contributed by atoms with Crippen LogP contribution < -0.4 is 14.2 Å². The smallest absolute Gasteiger partial charge is 0.308 e. The average molecular weight is 617 g/mol. The van der Waals surface area contributed by atoms with Crippen LogP contribution in [0.25, 0.3) is 0 Å². The number of hydrogen-bond donors (Lipinski definition) is 0. The van der Waals surface area contributed by atoms with Crippen LogP contribution in [0, 0.1) is 5.92 Å². The topological polar surface area (TPSA) is 85.4 Å². The molecule has 2 bridgehead atoms. The minimum atomic E-state index is -3.63. The molecule has 2 aliphatic heterocycles. The van der Waals surface area contributed by atoms with Crippen molar-refractivity contribution in [3.63, 3.8) is 0 Å². The Bertz CT molecular complexity index is 1660. The number of carbonyl (C=O) groups excluding carboxylic acids is 1. The van der Waals surface area contributed by atoms with E-state index in [2.05, 4.69) is 29.2 Å². The normalized spacial score (nSPS) is 27.0. The molecule has 0 amide bonds. The maximum absolute atomic E-state index is 13.8. The molecule has 44 heavy (non-hydrogen) atoms. The Kier molecular flexibility index (Phi) is 7.46. The Morgan fingerprint density at radius 3 is 2.43 bits per heavy atom. The van der Waals surface area contributed by atoms with Crippen LogP contribution >= 0.6 is 0 Å². The molecule has 7 rings (SSSR count). The van der Waals surface area contributed by atoms with Gasteiger partial charge in [0, 0.05) is 49.2 Å². The highest BCUT2D eigenvalue weighted by molar-refractivity contribution is 7.88. The summed E-state index contributed by atoms with van der Waals surface area (Å²) < 4.78 is 47.8.